The summed E-state index contributed by atoms with van der Waals surface area (Å²) in [5, 5.41) is 0. The molecule has 0 bridgehead atoms. The van der Waals surface area contributed by atoms with E-state index in [2.05, 4.69) is 18.7 Å². The third kappa shape index (κ3) is 8.15. The van der Waals surface area contributed by atoms with Crippen LogP contribution in [0.5, 0.6) is 0 Å². The van der Waals surface area contributed by atoms with E-state index in [-0.39, 0.29) is 24.5 Å². The van der Waals surface area contributed by atoms with Crippen molar-refractivity contribution < 1.29 is 19.1 Å². The number of imide groups is 1. The predicted molar refractivity (Wildman–Crippen MR) is 150 cm³/mol. The number of unbranched alkanes of at least 4 members (excludes halogenated alkanes) is 1. The van der Waals surface area contributed by atoms with Crippen molar-refractivity contribution in [2.75, 3.05) is 26.2 Å². The molecule has 7 nitrogen and oxygen atoms in total. The molecule has 206 valence electrons. The van der Waals surface area contributed by atoms with Gasteiger partial charge in [0.2, 0.25) is 0 Å². The molecule has 1 heterocycles. The van der Waals surface area contributed by atoms with Crippen molar-refractivity contribution in [3.63, 3.8) is 0 Å². The summed E-state index contributed by atoms with van der Waals surface area (Å²) in [5.74, 6) is -0.524. The van der Waals surface area contributed by atoms with Gasteiger partial charge in [0.05, 0.1) is 17.7 Å². The van der Waals surface area contributed by atoms with Gasteiger partial charge in [0.25, 0.3) is 11.8 Å². The minimum absolute atomic E-state index is 0.217. The predicted octanol–water partition coefficient (Wildman–Crippen LogP) is 6.12. The molecular weight excluding hydrogens is 478 g/mol. The monoisotopic (exact) mass is 521 g/mol. The van der Waals surface area contributed by atoms with Crippen molar-refractivity contribution in [2.24, 2.45) is 0 Å². The Morgan fingerprint density at radius 2 is 1.32 bits per heavy atom. The molecule has 0 atom stereocenters. The van der Waals surface area contributed by atoms with Crippen molar-refractivity contribution in [3.8, 4) is 0 Å². The number of hydrogen-bond acceptors (Lipinski definition) is 5. The molecule has 0 aromatic heterocycles. The smallest absolute Gasteiger partial charge is 0.410 e. The van der Waals surface area contributed by atoms with E-state index in [9.17, 15) is 14.4 Å². The Kier molecular flexibility index (Phi) is 10.5. The molecule has 3 amide bonds. The lowest BCUT2D eigenvalue weighted by Crippen LogP contribution is -2.37. The maximum absolute atomic E-state index is 13.0. The van der Waals surface area contributed by atoms with Crippen LogP contribution >= 0.6 is 0 Å². The van der Waals surface area contributed by atoms with E-state index < -0.39 is 5.60 Å². The molecule has 0 spiro atoms. The van der Waals surface area contributed by atoms with E-state index in [1.54, 1.807) is 29.2 Å². The SMILES string of the molecule is CCCN(CCC)CCCCN(Cc1ccc(CN2C(=O)c3ccccc3C2=O)cc1)C(=O)OC(C)(C)C. The second-order valence-corrected chi connectivity index (χ2v) is 11.0. The van der Waals surface area contributed by atoms with Gasteiger partial charge in [0, 0.05) is 13.1 Å². The van der Waals surface area contributed by atoms with Crippen LogP contribution in [0, 0.1) is 0 Å². The van der Waals surface area contributed by atoms with Crippen molar-refractivity contribution >= 4 is 17.9 Å². The van der Waals surface area contributed by atoms with Crippen LogP contribution in [-0.4, -0.2) is 64.4 Å². The summed E-state index contributed by atoms with van der Waals surface area (Å²) in [5.41, 5.74) is 2.17. The third-order valence-electron chi connectivity index (χ3n) is 6.50. The largest absolute Gasteiger partial charge is 0.444 e. The van der Waals surface area contributed by atoms with Gasteiger partial charge in [0.1, 0.15) is 5.60 Å². The van der Waals surface area contributed by atoms with E-state index in [1.165, 1.54) is 4.90 Å². The number of rotatable bonds is 13. The fraction of sp³-hybridized carbons (Fsp3) is 0.516. The highest BCUT2D eigenvalue weighted by Crippen LogP contribution is 2.24. The highest BCUT2D eigenvalue weighted by atomic mass is 16.6. The number of benzene rings is 2. The van der Waals surface area contributed by atoms with Gasteiger partial charge in [-0.1, -0.05) is 50.2 Å². The first-order valence-electron chi connectivity index (χ1n) is 13.9. The number of amides is 3. The normalized spacial score (nSPS) is 13.3. The Labute approximate surface area is 227 Å². The number of fused-ring (bicyclic) bond motifs is 1. The van der Waals surface area contributed by atoms with Crippen LogP contribution in [0.25, 0.3) is 0 Å². The Morgan fingerprint density at radius 3 is 1.84 bits per heavy atom. The quantitative estimate of drug-likeness (QED) is 0.235. The van der Waals surface area contributed by atoms with Gasteiger partial charge in [-0.25, -0.2) is 4.79 Å². The maximum atomic E-state index is 13.0. The average Bonchev–Trinajstić information content (AvgIpc) is 3.11. The lowest BCUT2D eigenvalue weighted by Gasteiger charge is -2.28. The Hall–Kier alpha value is -3.19. The van der Waals surface area contributed by atoms with Crippen molar-refractivity contribution in [1.82, 2.24) is 14.7 Å². The van der Waals surface area contributed by atoms with Crippen molar-refractivity contribution in [1.29, 1.82) is 0 Å². The van der Waals surface area contributed by atoms with E-state index in [1.807, 2.05) is 45.0 Å². The van der Waals surface area contributed by atoms with Gasteiger partial charge < -0.3 is 14.5 Å². The van der Waals surface area contributed by atoms with Gasteiger partial charge >= 0.3 is 6.09 Å². The van der Waals surface area contributed by atoms with E-state index in [0.717, 1.165) is 56.4 Å². The molecule has 0 aliphatic carbocycles. The number of hydrogen-bond donors (Lipinski definition) is 0. The number of carbonyl (C=O) groups excluding carboxylic acids is 3. The molecule has 2 aromatic carbocycles. The van der Waals surface area contributed by atoms with Gasteiger partial charge in [-0.15, -0.1) is 0 Å². The molecule has 0 unspecified atom stereocenters. The average molecular weight is 522 g/mol. The van der Waals surface area contributed by atoms with E-state index in [4.69, 9.17) is 4.74 Å². The first-order valence-corrected chi connectivity index (χ1v) is 13.9. The highest BCUT2D eigenvalue weighted by Gasteiger charge is 2.35. The molecular formula is C31H43N3O4. The zero-order chi connectivity index (χ0) is 27.7. The summed E-state index contributed by atoms with van der Waals surface area (Å²) in [6.45, 7) is 14.6. The molecule has 0 N–H and O–H groups in total. The molecule has 0 radical (unpaired) electrons. The van der Waals surface area contributed by atoms with E-state index >= 15 is 0 Å². The van der Waals surface area contributed by atoms with Crippen LogP contribution in [0.3, 0.4) is 0 Å². The number of nitrogens with zero attached hydrogens (tertiary/aromatic N) is 3. The Balaban J connectivity index is 1.61. The minimum atomic E-state index is -0.565. The highest BCUT2D eigenvalue weighted by molar-refractivity contribution is 6.21. The maximum Gasteiger partial charge on any atom is 0.410 e. The first-order chi connectivity index (χ1) is 18.1. The van der Waals surface area contributed by atoms with Crippen LogP contribution in [0.1, 0.15) is 92.1 Å². The van der Waals surface area contributed by atoms with Crippen LogP contribution in [0.4, 0.5) is 4.79 Å². The molecule has 2 aromatic rings. The second kappa shape index (κ2) is 13.6. The fourth-order valence-corrected chi connectivity index (χ4v) is 4.70. The van der Waals surface area contributed by atoms with Gasteiger partial charge in [-0.2, -0.15) is 0 Å². The summed E-state index contributed by atoms with van der Waals surface area (Å²) in [6, 6.07) is 14.7. The summed E-state index contributed by atoms with van der Waals surface area (Å²) in [7, 11) is 0. The molecule has 0 saturated carbocycles. The van der Waals surface area contributed by atoms with Crippen LogP contribution in [-0.2, 0) is 17.8 Å². The molecule has 7 heteroatoms. The van der Waals surface area contributed by atoms with Crippen molar-refractivity contribution in [3.05, 3.63) is 70.8 Å². The van der Waals surface area contributed by atoms with Gasteiger partial charge in [-0.3, -0.25) is 14.5 Å². The number of carbonyl (C=O) groups is 3. The number of ether oxygens (including phenoxy) is 1. The van der Waals surface area contributed by atoms with Crippen LogP contribution < -0.4 is 0 Å². The molecule has 0 saturated heterocycles. The lowest BCUT2D eigenvalue weighted by molar-refractivity contribution is 0.0228. The van der Waals surface area contributed by atoms with Crippen molar-refractivity contribution in [2.45, 2.75) is 79.0 Å². The zero-order valence-electron chi connectivity index (χ0n) is 23.7. The van der Waals surface area contributed by atoms with Crippen LogP contribution in [0.15, 0.2) is 48.5 Å². The van der Waals surface area contributed by atoms with Gasteiger partial charge in [-0.05, 0) is 89.3 Å². The standard InChI is InChI=1S/C31H43N3O4/c1-6-18-32(19-7-2)20-10-11-21-33(30(37)38-31(3,4)5)22-24-14-16-25(17-15-24)23-34-28(35)26-12-8-9-13-27(26)29(34)36/h8-9,12-17H,6-7,10-11,18-23H2,1-5H3. The summed E-state index contributed by atoms with van der Waals surface area (Å²) < 4.78 is 5.69. The molecule has 1 aliphatic heterocycles. The zero-order valence-corrected chi connectivity index (χ0v) is 23.7. The first kappa shape index (κ1) is 29.4. The topological polar surface area (TPSA) is 70.2 Å². The van der Waals surface area contributed by atoms with Crippen LogP contribution in [0.2, 0.25) is 0 Å². The summed E-state index contributed by atoms with van der Waals surface area (Å²) in [4.78, 5) is 43.9. The third-order valence-corrected chi connectivity index (χ3v) is 6.50. The van der Waals surface area contributed by atoms with Gasteiger partial charge in [0.15, 0.2) is 0 Å². The fourth-order valence-electron chi connectivity index (χ4n) is 4.70. The Morgan fingerprint density at radius 1 is 0.789 bits per heavy atom. The summed E-state index contributed by atoms with van der Waals surface area (Å²) in [6.07, 6.45) is 3.91. The molecule has 3 rings (SSSR count). The molecule has 0 fully saturated rings. The molecule has 1 aliphatic rings. The molecule has 38 heavy (non-hydrogen) atoms. The minimum Gasteiger partial charge on any atom is -0.444 e. The second-order valence-electron chi connectivity index (χ2n) is 11.0. The van der Waals surface area contributed by atoms with E-state index in [0.29, 0.717) is 24.2 Å². The Bertz CT molecular complexity index is 1050. The lowest BCUT2D eigenvalue weighted by atomic mass is 10.1. The summed E-state index contributed by atoms with van der Waals surface area (Å²) >= 11 is 0.